The van der Waals surface area contributed by atoms with Crippen molar-refractivity contribution in [2.45, 2.75) is 32.4 Å². The minimum atomic E-state index is -0.275. The van der Waals surface area contributed by atoms with Crippen LogP contribution in [0.5, 0.6) is 0 Å². The van der Waals surface area contributed by atoms with Crippen LogP contribution < -0.4 is 11.1 Å². The second kappa shape index (κ2) is 6.64. The summed E-state index contributed by atoms with van der Waals surface area (Å²) in [5.41, 5.74) is 6.86. The van der Waals surface area contributed by atoms with Crippen LogP contribution in [0.4, 0.5) is 11.4 Å². The third-order valence-electron chi connectivity index (χ3n) is 4.09. The Morgan fingerprint density at radius 1 is 1.57 bits per heavy atom. The first-order valence-corrected chi connectivity index (χ1v) is 7.54. The van der Waals surface area contributed by atoms with Gasteiger partial charge in [0.05, 0.1) is 23.5 Å². The predicted octanol–water partition coefficient (Wildman–Crippen LogP) is 1.95. The number of aliphatic hydroxyl groups excluding tert-OH is 1. The molecular weight excluding hydrogens is 290 g/mol. The van der Waals surface area contributed by atoms with E-state index >= 15 is 0 Å². The smallest absolute Gasteiger partial charge is 0.241 e. The van der Waals surface area contributed by atoms with Crippen molar-refractivity contribution in [2.24, 2.45) is 5.92 Å². The second-order valence-electron chi connectivity index (χ2n) is 5.73. The molecule has 116 valence electrons. The Kier molecular flexibility index (Phi) is 5.08. The van der Waals surface area contributed by atoms with E-state index in [9.17, 15) is 9.90 Å². The van der Waals surface area contributed by atoms with Gasteiger partial charge in [0.15, 0.2) is 0 Å². The number of benzene rings is 1. The molecule has 1 aromatic rings. The Morgan fingerprint density at radius 2 is 2.29 bits per heavy atom. The number of nitrogen functional groups attached to an aromatic ring is 1. The van der Waals surface area contributed by atoms with Crippen LogP contribution in [-0.4, -0.2) is 41.1 Å². The lowest BCUT2D eigenvalue weighted by molar-refractivity contribution is -0.122. The van der Waals surface area contributed by atoms with Gasteiger partial charge in [-0.25, -0.2) is 0 Å². The van der Waals surface area contributed by atoms with Gasteiger partial charge < -0.3 is 16.2 Å². The zero-order chi connectivity index (χ0) is 15.6. The summed E-state index contributed by atoms with van der Waals surface area (Å²) in [4.78, 5) is 14.4. The molecule has 0 aromatic heterocycles. The molecule has 1 aromatic carbocycles. The van der Waals surface area contributed by atoms with Crippen molar-refractivity contribution in [3.8, 4) is 0 Å². The van der Waals surface area contributed by atoms with E-state index in [2.05, 4.69) is 10.2 Å². The number of halogens is 1. The number of anilines is 2. The zero-order valence-electron chi connectivity index (χ0n) is 12.3. The molecule has 0 saturated carbocycles. The molecule has 1 heterocycles. The van der Waals surface area contributed by atoms with E-state index in [1.807, 2.05) is 13.8 Å². The number of piperidine rings is 1. The Bertz CT molecular complexity index is 524. The molecule has 1 fully saturated rings. The number of hydrogen-bond donors (Lipinski definition) is 3. The average molecular weight is 312 g/mol. The van der Waals surface area contributed by atoms with E-state index in [0.29, 0.717) is 29.4 Å². The molecule has 6 heteroatoms. The maximum absolute atomic E-state index is 12.3. The monoisotopic (exact) mass is 311 g/mol. The molecule has 4 N–H and O–H groups in total. The van der Waals surface area contributed by atoms with Crippen molar-refractivity contribution >= 4 is 28.9 Å². The fourth-order valence-electron chi connectivity index (χ4n) is 2.57. The Morgan fingerprint density at radius 3 is 2.90 bits per heavy atom. The fraction of sp³-hybridized carbons (Fsp3) is 0.533. The van der Waals surface area contributed by atoms with E-state index < -0.39 is 0 Å². The van der Waals surface area contributed by atoms with Gasteiger partial charge in [0.25, 0.3) is 0 Å². The van der Waals surface area contributed by atoms with Crippen molar-refractivity contribution in [3.63, 3.8) is 0 Å². The first kappa shape index (κ1) is 16.1. The van der Waals surface area contributed by atoms with Crippen LogP contribution in [0.15, 0.2) is 18.2 Å². The van der Waals surface area contributed by atoms with Crippen LogP contribution in [0.2, 0.25) is 5.02 Å². The highest BCUT2D eigenvalue weighted by Crippen LogP contribution is 2.24. The zero-order valence-corrected chi connectivity index (χ0v) is 13.1. The lowest BCUT2D eigenvalue weighted by Crippen LogP contribution is -2.50. The van der Waals surface area contributed by atoms with Gasteiger partial charge in [-0.1, -0.05) is 18.5 Å². The predicted molar refractivity (Wildman–Crippen MR) is 85.3 cm³/mol. The molecule has 5 nitrogen and oxygen atoms in total. The number of carbonyl (C=O) groups excluding carboxylic acids is 1. The molecule has 2 rings (SSSR count). The first-order chi connectivity index (χ1) is 9.88. The van der Waals surface area contributed by atoms with Gasteiger partial charge >= 0.3 is 0 Å². The summed E-state index contributed by atoms with van der Waals surface area (Å²) in [6.07, 6.45) is 0.422. The fourth-order valence-corrected chi connectivity index (χ4v) is 2.75. The molecule has 0 spiro atoms. The van der Waals surface area contributed by atoms with Gasteiger partial charge in [-0.05, 0) is 37.5 Å². The quantitative estimate of drug-likeness (QED) is 0.746. The average Bonchev–Trinajstić information content (AvgIpc) is 2.44. The number of nitrogens with zero attached hydrogens (tertiary/aromatic N) is 1. The summed E-state index contributed by atoms with van der Waals surface area (Å²) in [5, 5.41) is 13.1. The number of carbonyl (C=O) groups is 1. The van der Waals surface area contributed by atoms with Crippen molar-refractivity contribution < 1.29 is 9.90 Å². The number of amides is 1. The minimum Gasteiger partial charge on any atom is -0.397 e. The van der Waals surface area contributed by atoms with Crippen molar-refractivity contribution in [1.82, 2.24) is 4.90 Å². The number of likely N-dealkylation sites (tertiary alicyclic amines) is 1. The lowest BCUT2D eigenvalue weighted by Gasteiger charge is -2.37. The minimum absolute atomic E-state index is 0.104. The van der Waals surface area contributed by atoms with Crippen LogP contribution in [0.3, 0.4) is 0 Å². The standard InChI is InChI=1S/C15H22ClN3O2/c1-9-8-19(6-5-14(9)20)10(2)15(21)18-13-4-3-11(16)7-12(13)17/h3-4,7,9-10,14,20H,5-6,8,17H2,1-2H3,(H,18,21). The number of nitrogens with two attached hydrogens (primary N) is 1. The summed E-state index contributed by atoms with van der Waals surface area (Å²) in [6, 6.07) is 4.74. The van der Waals surface area contributed by atoms with Crippen LogP contribution >= 0.6 is 11.6 Å². The van der Waals surface area contributed by atoms with E-state index in [0.717, 1.165) is 6.54 Å². The number of hydrogen-bond acceptors (Lipinski definition) is 4. The second-order valence-corrected chi connectivity index (χ2v) is 6.16. The molecule has 3 unspecified atom stereocenters. The van der Waals surface area contributed by atoms with Crippen LogP contribution in [0.25, 0.3) is 0 Å². The SMILES string of the molecule is CC1CN(C(C)C(=O)Nc2ccc(Cl)cc2N)CCC1O. The summed E-state index contributed by atoms with van der Waals surface area (Å²) >= 11 is 5.84. The summed E-state index contributed by atoms with van der Waals surface area (Å²) in [7, 11) is 0. The third kappa shape index (κ3) is 3.87. The lowest BCUT2D eigenvalue weighted by atomic mass is 9.95. The molecule has 0 radical (unpaired) electrons. The van der Waals surface area contributed by atoms with Crippen LogP contribution in [0, 0.1) is 5.92 Å². The van der Waals surface area contributed by atoms with E-state index in [1.54, 1.807) is 18.2 Å². The first-order valence-electron chi connectivity index (χ1n) is 7.16. The Hall–Kier alpha value is -1.30. The summed E-state index contributed by atoms with van der Waals surface area (Å²) in [6.45, 7) is 5.30. The molecule has 1 saturated heterocycles. The van der Waals surface area contributed by atoms with E-state index in [4.69, 9.17) is 17.3 Å². The number of aliphatic hydroxyl groups is 1. The van der Waals surface area contributed by atoms with Gasteiger partial charge in [-0.2, -0.15) is 0 Å². The van der Waals surface area contributed by atoms with E-state index in [-0.39, 0.29) is 24.0 Å². The highest BCUT2D eigenvalue weighted by molar-refractivity contribution is 6.31. The highest BCUT2D eigenvalue weighted by Gasteiger charge is 2.30. The summed E-state index contributed by atoms with van der Waals surface area (Å²) in [5.74, 6) is 0.0715. The molecule has 3 atom stereocenters. The molecule has 21 heavy (non-hydrogen) atoms. The topological polar surface area (TPSA) is 78.6 Å². The van der Waals surface area contributed by atoms with Crippen molar-refractivity contribution in [3.05, 3.63) is 23.2 Å². The molecule has 1 amide bonds. The molecule has 1 aliphatic heterocycles. The number of rotatable bonds is 3. The Labute approximate surface area is 130 Å². The normalized spacial score (nSPS) is 24.6. The van der Waals surface area contributed by atoms with Gasteiger partial charge in [0.2, 0.25) is 5.91 Å². The molecular formula is C15H22ClN3O2. The highest BCUT2D eigenvalue weighted by atomic mass is 35.5. The van der Waals surface area contributed by atoms with Gasteiger partial charge in [0, 0.05) is 18.1 Å². The van der Waals surface area contributed by atoms with Gasteiger partial charge in [-0.15, -0.1) is 0 Å². The van der Waals surface area contributed by atoms with Crippen molar-refractivity contribution in [2.75, 3.05) is 24.1 Å². The maximum atomic E-state index is 12.3. The molecule has 0 bridgehead atoms. The summed E-state index contributed by atoms with van der Waals surface area (Å²) < 4.78 is 0. The third-order valence-corrected chi connectivity index (χ3v) is 4.33. The molecule has 0 aliphatic carbocycles. The van der Waals surface area contributed by atoms with Crippen molar-refractivity contribution in [1.29, 1.82) is 0 Å². The largest absolute Gasteiger partial charge is 0.397 e. The van der Waals surface area contributed by atoms with Crippen LogP contribution in [-0.2, 0) is 4.79 Å². The van der Waals surface area contributed by atoms with Gasteiger partial charge in [0.1, 0.15) is 0 Å². The van der Waals surface area contributed by atoms with Crippen LogP contribution in [0.1, 0.15) is 20.3 Å². The van der Waals surface area contributed by atoms with E-state index in [1.165, 1.54) is 0 Å². The number of nitrogens with one attached hydrogen (secondary N) is 1. The maximum Gasteiger partial charge on any atom is 0.241 e. The van der Waals surface area contributed by atoms with Gasteiger partial charge in [-0.3, -0.25) is 9.69 Å². The Balaban J connectivity index is 1.99. The molecule has 1 aliphatic rings.